The molecule has 2 saturated heterocycles. The zero-order chi connectivity index (χ0) is 10.4. The van der Waals surface area contributed by atoms with Gasteiger partial charge in [0.1, 0.15) is 0 Å². The van der Waals surface area contributed by atoms with E-state index in [0.29, 0.717) is 0 Å². The molecule has 0 aromatic rings. The molecule has 3 fully saturated rings. The Morgan fingerprint density at radius 2 is 1.35 bits per heavy atom. The van der Waals surface area contributed by atoms with Gasteiger partial charge in [-0.1, -0.05) is 0 Å². The Kier molecular flexibility index (Phi) is 10.6. The van der Waals surface area contributed by atoms with Crippen LogP contribution in [0.4, 0.5) is 0 Å². The molecule has 0 N–H and O–H groups in total. The first kappa shape index (κ1) is 18.1. The van der Waals surface area contributed by atoms with E-state index in [1.165, 1.54) is 12.8 Å². The van der Waals surface area contributed by atoms with E-state index in [1.807, 2.05) is 0 Å². The van der Waals surface area contributed by atoms with Crippen molar-refractivity contribution in [1.82, 2.24) is 0 Å². The van der Waals surface area contributed by atoms with Gasteiger partial charge in [0.05, 0.1) is 13.2 Å². The standard InChI is InChI=1S/C8H13O2.C4H8O.BrH.Mg/c1-2-4-8(5-3-1)9-6-7-10-8;1-2-4-5-3-1;;/h1H,2-7H2;1-4H2;1H;/q-1;;;+2/p-1. The van der Waals surface area contributed by atoms with Crippen LogP contribution in [-0.2, 0) is 14.2 Å². The summed E-state index contributed by atoms with van der Waals surface area (Å²) in [5, 5.41) is 0. The number of hydrogen-bond acceptors (Lipinski definition) is 3. The topological polar surface area (TPSA) is 27.7 Å². The smallest absolute Gasteiger partial charge is 1.00 e. The van der Waals surface area contributed by atoms with Crippen molar-refractivity contribution in [3.63, 3.8) is 0 Å². The van der Waals surface area contributed by atoms with Crippen LogP contribution in [0.3, 0.4) is 0 Å². The third-order valence-corrected chi connectivity index (χ3v) is 3.10. The van der Waals surface area contributed by atoms with Crippen LogP contribution < -0.4 is 17.0 Å². The van der Waals surface area contributed by atoms with Crippen molar-refractivity contribution in [2.75, 3.05) is 26.4 Å². The summed E-state index contributed by atoms with van der Waals surface area (Å²) in [4.78, 5) is 0. The van der Waals surface area contributed by atoms with Crippen LogP contribution in [-0.4, -0.2) is 55.3 Å². The van der Waals surface area contributed by atoms with Gasteiger partial charge in [0, 0.05) is 13.2 Å². The summed E-state index contributed by atoms with van der Waals surface area (Å²) in [5.74, 6) is -0.158. The van der Waals surface area contributed by atoms with Gasteiger partial charge in [-0.2, -0.15) is 12.8 Å². The van der Waals surface area contributed by atoms with Gasteiger partial charge in [0.2, 0.25) is 0 Å². The molecule has 0 atom stereocenters. The van der Waals surface area contributed by atoms with Gasteiger partial charge in [-0.3, -0.25) is 0 Å². The molecule has 17 heavy (non-hydrogen) atoms. The quantitative estimate of drug-likeness (QED) is 0.421. The fourth-order valence-corrected chi connectivity index (χ4v) is 2.21. The Balaban J connectivity index is 0.000000318. The van der Waals surface area contributed by atoms with Crippen LogP contribution in [0.15, 0.2) is 0 Å². The van der Waals surface area contributed by atoms with Crippen molar-refractivity contribution in [1.29, 1.82) is 0 Å². The molecule has 3 nitrogen and oxygen atoms in total. The monoisotopic (exact) mass is 316 g/mol. The molecule has 5 heteroatoms. The van der Waals surface area contributed by atoms with Gasteiger partial charge in [-0.25, -0.2) is 0 Å². The third kappa shape index (κ3) is 6.21. The molecular weight excluding hydrogens is 296 g/mol. The minimum atomic E-state index is -0.158. The van der Waals surface area contributed by atoms with Crippen molar-refractivity contribution in [2.45, 2.75) is 44.3 Å². The van der Waals surface area contributed by atoms with Gasteiger partial charge in [0.25, 0.3) is 0 Å². The largest absolute Gasteiger partial charge is 2.00 e. The summed E-state index contributed by atoms with van der Waals surface area (Å²) < 4.78 is 16.0. The summed E-state index contributed by atoms with van der Waals surface area (Å²) in [6, 6.07) is 0. The van der Waals surface area contributed by atoms with Crippen LogP contribution in [0.25, 0.3) is 0 Å². The van der Waals surface area contributed by atoms with Crippen molar-refractivity contribution < 1.29 is 31.2 Å². The summed E-state index contributed by atoms with van der Waals surface area (Å²) in [6.07, 6.45) is 9.30. The van der Waals surface area contributed by atoms with Gasteiger partial charge < -0.3 is 37.6 Å². The molecule has 1 aliphatic carbocycles. The summed E-state index contributed by atoms with van der Waals surface area (Å²) >= 11 is 0. The Morgan fingerprint density at radius 1 is 0.824 bits per heavy atom. The normalized spacial score (nSPS) is 25.4. The van der Waals surface area contributed by atoms with E-state index in [1.54, 1.807) is 0 Å². The Bertz CT molecular complexity index is 167. The Hall–Kier alpha value is 1.13. The van der Waals surface area contributed by atoms with E-state index in [-0.39, 0.29) is 45.8 Å². The Morgan fingerprint density at radius 3 is 1.76 bits per heavy atom. The zero-order valence-corrected chi connectivity index (χ0v) is 13.5. The minimum Gasteiger partial charge on any atom is -1.00 e. The second kappa shape index (κ2) is 9.98. The molecule has 2 aliphatic heterocycles. The van der Waals surface area contributed by atoms with E-state index in [0.717, 1.165) is 52.1 Å². The second-order valence-electron chi connectivity index (χ2n) is 4.29. The first-order valence-corrected chi connectivity index (χ1v) is 6.09. The molecule has 96 valence electrons. The van der Waals surface area contributed by atoms with Crippen LogP contribution in [0.2, 0.25) is 0 Å². The molecule has 0 aromatic carbocycles. The zero-order valence-electron chi connectivity index (χ0n) is 10.5. The SMILES string of the molecule is C1CCOC1.[Br-].[CH-]1CCC2(CC1)OCCO2.[Mg+2]. The summed E-state index contributed by atoms with van der Waals surface area (Å²) in [5.41, 5.74) is 0. The van der Waals surface area contributed by atoms with Crippen LogP contribution >= 0.6 is 0 Å². The van der Waals surface area contributed by atoms with E-state index in [9.17, 15) is 0 Å². The predicted octanol–water partition coefficient (Wildman–Crippen LogP) is -1.07. The molecule has 3 rings (SSSR count). The average Bonchev–Trinajstić information content (AvgIpc) is 2.93. The first-order valence-electron chi connectivity index (χ1n) is 6.09. The fourth-order valence-electron chi connectivity index (χ4n) is 2.21. The summed E-state index contributed by atoms with van der Waals surface area (Å²) in [6.45, 7) is 3.58. The molecule has 1 saturated carbocycles. The van der Waals surface area contributed by atoms with Crippen LogP contribution in [0.5, 0.6) is 0 Å². The van der Waals surface area contributed by atoms with Crippen LogP contribution in [0, 0.1) is 6.42 Å². The molecule has 0 aromatic heterocycles. The predicted molar refractivity (Wildman–Crippen MR) is 63.2 cm³/mol. The molecule has 0 amide bonds. The van der Waals surface area contributed by atoms with Gasteiger partial charge >= 0.3 is 23.1 Å². The van der Waals surface area contributed by atoms with Crippen molar-refractivity contribution in [3.8, 4) is 0 Å². The minimum absolute atomic E-state index is 0. The van der Waals surface area contributed by atoms with E-state index in [4.69, 9.17) is 14.2 Å². The van der Waals surface area contributed by atoms with E-state index in [2.05, 4.69) is 6.42 Å². The van der Waals surface area contributed by atoms with Gasteiger partial charge in [-0.15, -0.1) is 0 Å². The second-order valence-corrected chi connectivity index (χ2v) is 4.29. The molecule has 3 aliphatic rings. The van der Waals surface area contributed by atoms with Crippen molar-refractivity contribution in [2.24, 2.45) is 0 Å². The molecular formula is C12H21BrMgO3. The maximum absolute atomic E-state index is 5.54. The van der Waals surface area contributed by atoms with Crippen LogP contribution in [0.1, 0.15) is 38.5 Å². The van der Waals surface area contributed by atoms with Gasteiger partial charge in [-0.05, 0) is 25.7 Å². The first-order chi connectivity index (χ1) is 7.41. The maximum Gasteiger partial charge on any atom is 2.00 e. The van der Waals surface area contributed by atoms with Crippen molar-refractivity contribution >= 4 is 23.1 Å². The molecule has 0 unspecified atom stereocenters. The van der Waals surface area contributed by atoms with E-state index < -0.39 is 0 Å². The maximum atomic E-state index is 5.54. The van der Waals surface area contributed by atoms with E-state index >= 15 is 0 Å². The number of halogens is 1. The Labute approximate surface area is 131 Å². The molecule has 0 bridgehead atoms. The average molecular weight is 318 g/mol. The van der Waals surface area contributed by atoms with Gasteiger partial charge in [0.15, 0.2) is 5.79 Å². The third-order valence-electron chi connectivity index (χ3n) is 3.10. The fraction of sp³-hybridized carbons (Fsp3) is 0.917. The van der Waals surface area contributed by atoms with Crippen molar-refractivity contribution in [3.05, 3.63) is 6.42 Å². The molecule has 1 spiro atoms. The number of hydrogen-bond donors (Lipinski definition) is 0. The number of ether oxygens (including phenoxy) is 3. The molecule has 2 heterocycles. The number of rotatable bonds is 0. The molecule has 0 radical (unpaired) electrons. The summed E-state index contributed by atoms with van der Waals surface area (Å²) in [7, 11) is 0.